The second-order valence-corrected chi connectivity index (χ2v) is 5.77. The van der Waals surface area contributed by atoms with Gasteiger partial charge in [0.1, 0.15) is 12.8 Å². The molecule has 2 rings (SSSR count). The van der Waals surface area contributed by atoms with Crippen molar-refractivity contribution in [2.75, 3.05) is 13.2 Å². The minimum absolute atomic E-state index is 0.0584. The normalized spacial score (nSPS) is 29.7. The molecule has 2 heterocycles. The zero-order valence-electron chi connectivity index (χ0n) is 11.6. The number of rotatable bonds is 8. The van der Waals surface area contributed by atoms with Gasteiger partial charge in [-0.1, -0.05) is 0 Å². The molecule has 4 unspecified atom stereocenters. The monoisotopic (exact) mass is 358 g/mol. The molecule has 2 saturated heterocycles. The van der Waals surface area contributed by atoms with Crippen LogP contribution in [0.3, 0.4) is 0 Å². The molecule has 2 aliphatic heterocycles. The van der Waals surface area contributed by atoms with Gasteiger partial charge in [-0.05, 0) is 0 Å². The summed E-state index contributed by atoms with van der Waals surface area (Å²) in [6, 6.07) is 0. The van der Waals surface area contributed by atoms with Crippen molar-refractivity contribution in [1.82, 2.24) is 0 Å². The summed E-state index contributed by atoms with van der Waals surface area (Å²) in [7, 11) is 0. The first kappa shape index (κ1) is 18.7. The fourth-order valence-corrected chi connectivity index (χ4v) is 2.28. The molecular weight excluding hydrogens is 344 g/mol. The van der Waals surface area contributed by atoms with Gasteiger partial charge in [0.25, 0.3) is 0 Å². The molecule has 136 valence electrons. The van der Waals surface area contributed by atoms with E-state index >= 15 is 0 Å². The SMILES string of the molecule is FC(F)(F)CC(F)(CC1CO1)OC(F)(CC1CO1)CC(F)(F)F. The van der Waals surface area contributed by atoms with Crippen molar-refractivity contribution < 1.29 is 49.3 Å². The molecule has 0 aliphatic carbocycles. The zero-order valence-corrected chi connectivity index (χ0v) is 11.6. The van der Waals surface area contributed by atoms with E-state index < -0.39 is 62.0 Å². The van der Waals surface area contributed by atoms with Crippen LogP contribution in [-0.2, 0) is 14.2 Å². The first-order valence-corrected chi connectivity index (χ1v) is 6.72. The van der Waals surface area contributed by atoms with Crippen LogP contribution in [-0.4, -0.2) is 49.5 Å². The van der Waals surface area contributed by atoms with Crippen molar-refractivity contribution in [3.05, 3.63) is 0 Å². The molecule has 3 nitrogen and oxygen atoms in total. The number of hydrogen-bond donors (Lipinski definition) is 0. The molecule has 2 fully saturated rings. The third-order valence-electron chi connectivity index (χ3n) is 3.16. The van der Waals surface area contributed by atoms with Crippen molar-refractivity contribution >= 4 is 0 Å². The number of ether oxygens (including phenoxy) is 3. The van der Waals surface area contributed by atoms with E-state index in [1.807, 2.05) is 0 Å². The van der Waals surface area contributed by atoms with Gasteiger partial charge in [-0.25, -0.2) is 8.78 Å². The van der Waals surface area contributed by atoms with Crippen molar-refractivity contribution in [3.63, 3.8) is 0 Å². The van der Waals surface area contributed by atoms with Crippen LogP contribution < -0.4 is 0 Å². The summed E-state index contributed by atoms with van der Waals surface area (Å²) in [5, 5.41) is 0. The number of halogens is 8. The standard InChI is InChI=1S/C12H14F8O3/c13-9(1-7-3-21-7,5-11(15,16)17)23-10(14,2-8-4-22-8)6-12(18,19)20/h7-8H,1-6H2. The Bertz CT molecular complexity index is 380. The maximum Gasteiger partial charge on any atom is 0.394 e. The van der Waals surface area contributed by atoms with Gasteiger partial charge in [-0.3, -0.25) is 0 Å². The van der Waals surface area contributed by atoms with Gasteiger partial charge in [0, 0.05) is 12.8 Å². The lowest BCUT2D eigenvalue weighted by Gasteiger charge is -2.35. The summed E-state index contributed by atoms with van der Waals surface area (Å²) in [6.45, 7) is -0.117. The maximum atomic E-state index is 14.4. The largest absolute Gasteiger partial charge is 0.394 e. The fraction of sp³-hybridized carbons (Fsp3) is 1.00. The van der Waals surface area contributed by atoms with Crippen LogP contribution in [0.4, 0.5) is 35.1 Å². The maximum absolute atomic E-state index is 14.4. The summed E-state index contributed by atoms with van der Waals surface area (Å²) >= 11 is 0. The zero-order chi connectivity index (χ0) is 17.5. The van der Waals surface area contributed by atoms with Crippen LogP contribution >= 0.6 is 0 Å². The second-order valence-electron chi connectivity index (χ2n) is 5.77. The molecule has 0 saturated carbocycles. The minimum Gasteiger partial charge on any atom is -0.373 e. The molecule has 0 aromatic carbocycles. The Morgan fingerprint density at radius 1 is 0.696 bits per heavy atom. The Morgan fingerprint density at radius 3 is 1.22 bits per heavy atom. The van der Waals surface area contributed by atoms with Crippen LogP contribution in [0.25, 0.3) is 0 Å². The van der Waals surface area contributed by atoms with Crippen molar-refractivity contribution in [2.45, 2.75) is 62.0 Å². The predicted octanol–water partition coefficient (Wildman–Crippen LogP) is 3.82. The molecule has 0 bridgehead atoms. The van der Waals surface area contributed by atoms with E-state index in [2.05, 4.69) is 14.2 Å². The summed E-state index contributed by atoms with van der Waals surface area (Å²) in [5.41, 5.74) is 0. The first-order chi connectivity index (χ1) is 10.3. The lowest BCUT2D eigenvalue weighted by Crippen LogP contribution is -2.45. The van der Waals surface area contributed by atoms with Gasteiger partial charge >= 0.3 is 12.4 Å². The van der Waals surface area contributed by atoms with E-state index in [0.717, 1.165) is 0 Å². The lowest BCUT2D eigenvalue weighted by molar-refractivity contribution is -0.332. The summed E-state index contributed by atoms with van der Waals surface area (Å²) in [4.78, 5) is 0. The van der Waals surface area contributed by atoms with Crippen LogP contribution in [0.15, 0.2) is 0 Å². The Balaban J connectivity index is 2.13. The van der Waals surface area contributed by atoms with Gasteiger partial charge < -0.3 is 14.2 Å². The Kier molecular flexibility index (Phi) is 4.86. The summed E-state index contributed by atoms with van der Waals surface area (Å²) < 4.78 is 117. The molecule has 0 aromatic rings. The first-order valence-electron chi connectivity index (χ1n) is 6.72. The number of epoxide rings is 2. The van der Waals surface area contributed by atoms with Crippen molar-refractivity contribution in [2.24, 2.45) is 0 Å². The van der Waals surface area contributed by atoms with Crippen molar-refractivity contribution in [3.8, 4) is 0 Å². The van der Waals surface area contributed by atoms with E-state index in [9.17, 15) is 35.1 Å². The van der Waals surface area contributed by atoms with Gasteiger partial charge in [-0.2, -0.15) is 26.3 Å². The highest BCUT2D eigenvalue weighted by atomic mass is 19.4. The molecule has 4 atom stereocenters. The number of hydrogen-bond acceptors (Lipinski definition) is 3. The molecule has 0 aromatic heterocycles. The second kappa shape index (κ2) is 5.99. The lowest BCUT2D eigenvalue weighted by atomic mass is 10.0. The van der Waals surface area contributed by atoms with E-state index in [1.54, 1.807) is 0 Å². The van der Waals surface area contributed by atoms with Gasteiger partial charge in [0.05, 0.1) is 25.4 Å². The minimum atomic E-state index is -5.08. The Labute approximate surface area is 125 Å². The molecular formula is C12H14F8O3. The van der Waals surface area contributed by atoms with Gasteiger partial charge in [0.2, 0.25) is 11.7 Å². The average Bonchev–Trinajstić information content (AvgIpc) is 3.06. The number of alkyl halides is 8. The van der Waals surface area contributed by atoms with Crippen molar-refractivity contribution in [1.29, 1.82) is 0 Å². The fourth-order valence-electron chi connectivity index (χ4n) is 2.28. The van der Waals surface area contributed by atoms with E-state index in [-0.39, 0.29) is 13.2 Å². The van der Waals surface area contributed by atoms with E-state index in [1.165, 1.54) is 0 Å². The van der Waals surface area contributed by atoms with Gasteiger partial charge in [-0.15, -0.1) is 0 Å². The highest BCUT2D eigenvalue weighted by molar-refractivity contribution is 4.88. The Hall–Kier alpha value is -0.680. The highest BCUT2D eigenvalue weighted by Gasteiger charge is 2.56. The molecule has 11 heteroatoms. The third kappa shape index (κ3) is 7.17. The topological polar surface area (TPSA) is 34.3 Å². The molecule has 0 N–H and O–H groups in total. The average molecular weight is 358 g/mol. The van der Waals surface area contributed by atoms with Crippen LogP contribution in [0.2, 0.25) is 0 Å². The summed E-state index contributed by atoms with van der Waals surface area (Å²) in [5.74, 6) is -7.29. The molecule has 0 radical (unpaired) electrons. The summed E-state index contributed by atoms with van der Waals surface area (Å²) in [6.07, 6.45) is -18.5. The molecule has 23 heavy (non-hydrogen) atoms. The molecule has 2 aliphatic rings. The van der Waals surface area contributed by atoms with Gasteiger partial charge in [0.15, 0.2) is 0 Å². The Morgan fingerprint density at radius 2 is 1.00 bits per heavy atom. The molecule has 0 amide bonds. The van der Waals surface area contributed by atoms with Crippen LogP contribution in [0.1, 0.15) is 25.7 Å². The molecule has 0 spiro atoms. The van der Waals surface area contributed by atoms with E-state index in [4.69, 9.17) is 0 Å². The van der Waals surface area contributed by atoms with Crippen LogP contribution in [0.5, 0.6) is 0 Å². The van der Waals surface area contributed by atoms with E-state index in [0.29, 0.717) is 0 Å². The third-order valence-corrected chi connectivity index (χ3v) is 3.16. The quantitative estimate of drug-likeness (QED) is 0.489. The smallest absolute Gasteiger partial charge is 0.373 e. The van der Waals surface area contributed by atoms with Crippen LogP contribution in [0, 0.1) is 0 Å². The highest BCUT2D eigenvalue weighted by Crippen LogP contribution is 2.45. The predicted molar refractivity (Wildman–Crippen MR) is 58.8 cm³/mol.